The molecule has 3 N–H and O–H groups in total. The molecule has 0 saturated heterocycles. The van der Waals surface area contributed by atoms with Crippen molar-refractivity contribution in [1.29, 1.82) is 0 Å². The van der Waals surface area contributed by atoms with Crippen LogP contribution in [-0.4, -0.2) is 28.1 Å². The van der Waals surface area contributed by atoms with Gasteiger partial charge < -0.3 is 15.5 Å². The van der Waals surface area contributed by atoms with Crippen LogP contribution in [0.3, 0.4) is 0 Å². The van der Waals surface area contributed by atoms with Crippen molar-refractivity contribution >= 4 is 11.9 Å². The molecule has 114 valence electrons. The minimum atomic E-state index is -1.09. The third-order valence-electron chi connectivity index (χ3n) is 3.22. The van der Waals surface area contributed by atoms with E-state index in [2.05, 4.69) is 5.32 Å². The largest absolute Gasteiger partial charge is 0.508 e. The van der Waals surface area contributed by atoms with Crippen molar-refractivity contribution in [3.8, 4) is 5.75 Å². The van der Waals surface area contributed by atoms with E-state index in [4.69, 9.17) is 0 Å². The molecule has 0 aliphatic rings. The minimum absolute atomic E-state index is 0.115. The van der Waals surface area contributed by atoms with Gasteiger partial charge in [-0.3, -0.25) is 4.79 Å². The maximum Gasteiger partial charge on any atom is 0.326 e. The van der Waals surface area contributed by atoms with Gasteiger partial charge in [0.1, 0.15) is 11.8 Å². The van der Waals surface area contributed by atoms with Crippen molar-refractivity contribution in [2.45, 2.75) is 18.9 Å². The van der Waals surface area contributed by atoms with Crippen molar-refractivity contribution in [3.05, 3.63) is 65.7 Å². The van der Waals surface area contributed by atoms with Crippen LogP contribution < -0.4 is 5.32 Å². The molecule has 2 aromatic carbocycles. The average molecular weight is 299 g/mol. The van der Waals surface area contributed by atoms with Gasteiger partial charge in [0.25, 0.3) is 0 Å². The molecule has 5 heteroatoms. The van der Waals surface area contributed by atoms with E-state index in [0.717, 1.165) is 11.1 Å². The average Bonchev–Trinajstić information content (AvgIpc) is 2.49. The first-order chi connectivity index (χ1) is 10.5. The van der Waals surface area contributed by atoms with Crippen LogP contribution >= 0.6 is 0 Å². The van der Waals surface area contributed by atoms with Crippen LogP contribution in [-0.2, 0) is 22.4 Å². The fraction of sp³-hybridized carbons (Fsp3) is 0.176. The Hall–Kier alpha value is -2.82. The van der Waals surface area contributed by atoms with Crippen LogP contribution in [0.2, 0.25) is 0 Å². The Bertz CT molecular complexity index is 637. The second-order valence-electron chi connectivity index (χ2n) is 4.99. The summed E-state index contributed by atoms with van der Waals surface area (Å²) in [5.74, 6) is -1.31. The molecule has 0 fully saturated rings. The molecule has 0 bridgehead atoms. The number of nitrogens with one attached hydrogen (secondary N) is 1. The molecule has 0 spiro atoms. The number of phenols is 1. The zero-order valence-corrected chi connectivity index (χ0v) is 11.9. The molecule has 2 rings (SSSR count). The minimum Gasteiger partial charge on any atom is -0.508 e. The van der Waals surface area contributed by atoms with Crippen molar-refractivity contribution in [1.82, 2.24) is 5.32 Å². The van der Waals surface area contributed by atoms with Gasteiger partial charge in [-0.15, -0.1) is 0 Å². The molecule has 0 aromatic heterocycles. The summed E-state index contributed by atoms with van der Waals surface area (Å²) in [5.41, 5.74) is 1.55. The number of benzene rings is 2. The molecular weight excluding hydrogens is 282 g/mol. The maximum atomic E-state index is 12.0. The zero-order valence-electron chi connectivity index (χ0n) is 11.9. The molecule has 1 atom stereocenters. The van der Waals surface area contributed by atoms with E-state index in [-0.39, 0.29) is 24.5 Å². The van der Waals surface area contributed by atoms with Gasteiger partial charge in [-0.1, -0.05) is 42.5 Å². The number of carboxylic acid groups (broad SMARTS) is 1. The van der Waals surface area contributed by atoms with E-state index in [1.165, 1.54) is 12.1 Å². The molecule has 0 aliphatic carbocycles. The van der Waals surface area contributed by atoms with Crippen molar-refractivity contribution in [2.24, 2.45) is 0 Å². The predicted molar refractivity (Wildman–Crippen MR) is 81.5 cm³/mol. The number of rotatable bonds is 6. The highest BCUT2D eigenvalue weighted by atomic mass is 16.4. The van der Waals surface area contributed by atoms with Gasteiger partial charge in [0.15, 0.2) is 0 Å². The summed E-state index contributed by atoms with van der Waals surface area (Å²) in [6.07, 6.45) is 0.302. The SMILES string of the molecule is O=C(Cc1ccccc1)N[C@H](Cc1ccc(O)cc1)C(=O)O. The smallest absolute Gasteiger partial charge is 0.326 e. The zero-order chi connectivity index (χ0) is 15.9. The predicted octanol–water partition coefficient (Wildman–Crippen LogP) is 1.75. The number of carbonyl (C=O) groups excluding carboxylic acids is 1. The van der Waals surface area contributed by atoms with Crippen molar-refractivity contribution in [3.63, 3.8) is 0 Å². The van der Waals surface area contributed by atoms with Crippen LogP contribution in [0.5, 0.6) is 5.75 Å². The van der Waals surface area contributed by atoms with Gasteiger partial charge in [0, 0.05) is 6.42 Å². The van der Waals surface area contributed by atoms with Crippen LogP contribution in [0.1, 0.15) is 11.1 Å². The summed E-state index contributed by atoms with van der Waals surface area (Å²) in [6, 6.07) is 14.4. The topological polar surface area (TPSA) is 86.6 Å². The highest BCUT2D eigenvalue weighted by Crippen LogP contribution is 2.11. The standard InChI is InChI=1S/C17H17NO4/c19-14-8-6-13(7-9-14)10-15(17(21)22)18-16(20)11-12-4-2-1-3-5-12/h1-9,15,19H,10-11H2,(H,18,20)(H,21,22)/t15-/m1/s1. The summed E-state index contributed by atoms with van der Waals surface area (Å²) in [4.78, 5) is 23.3. The van der Waals surface area contributed by atoms with Gasteiger partial charge in [-0.05, 0) is 23.3 Å². The normalized spacial score (nSPS) is 11.6. The highest BCUT2D eigenvalue weighted by Gasteiger charge is 2.20. The van der Waals surface area contributed by atoms with Crippen LogP contribution in [0.25, 0.3) is 0 Å². The first kappa shape index (κ1) is 15.6. The number of aliphatic carboxylic acids is 1. The van der Waals surface area contributed by atoms with Gasteiger partial charge in [0.2, 0.25) is 5.91 Å². The Morgan fingerprint density at radius 1 is 0.955 bits per heavy atom. The van der Waals surface area contributed by atoms with Crippen molar-refractivity contribution < 1.29 is 19.8 Å². The quantitative estimate of drug-likeness (QED) is 0.758. The maximum absolute atomic E-state index is 12.0. The molecule has 5 nitrogen and oxygen atoms in total. The Labute approximate surface area is 128 Å². The molecule has 0 radical (unpaired) electrons. The fourth-order valence-corrected chi connectivity index (χ4v) is 2.09. The molecule has 0 saturated carbocycles. The number of amides is 1. The monoisotopic (exact) mass is 299 g/mol. The molecule has 1 amide bonds. The van der Waals surface area contributed by atoms with Crippen molar-refractivity contribution in [2.75, 3.05) is 0 Å². The second-order valence-corrected chi connectivity index (χ2v) is 4.99. The molecule has 22 heavy (non-hydrogen) atoms. The number of aromatic hydroxyl groups is 1. The van der Waals surface area contributed by atoms with Crippen LogP contribution in [0.4, 0.5) is 0 Å². The van der Waals surface area contributed by atoms with E-state index >= 15 is 0 Å². The third-order valence-corrected chi connectivity index (χ3v) is 3.22. The van der Waals surface area contributed by atoms with Gasteiger partial charge in [0.05, 0.1) is 6.42 Å². The molecule has 0 heterocycles. The van der Waals surface area contributed by atoms with Gasteiger partial charge >= 0.3 is 5.97 Å². The van der Waals surface area contributed by atoms with E-state index in [0.29, 0.717) is 0 Å². The second kappa shape index (κ2) is 7.26. The third kappa shape index (κ3) is 4.63. The molecule has 0 unspecified atom stereocenters. The Morgan fingerprint density at radius 2 is 1.59 bits per heavy atom. The highest BCUT2D eigenvalue weighted by molar-refractivity contribution is 5.85. The summed E-state index contributed by atoms with van der Waals surface area (Å²) in [7, 11) is 0. The lowest BCUT2D eigenvalue weighted by Crippen LogP contribution is -2.43. The summed E-state index contributed by atoms with van der Waals surface area (Å²) >= 11 is 0. The molecule has 2 aromatic rings. The van der Waals surface area contributed by atoms with Crippen LogP contribution in [0.15, 0.2) is 54.6 Å². The lowest BCUT2D eigenvalue weighted by molar-refractivity contribution is -0.141. The van der Waals surface area contributed by atoms with E-state index in [1.54, 1.807) is 12.1 Å². The molecular formula is C17H17NO4. The Balaban J connectivity index is 1.98. The fourth-order valence-electron chi connectivity index (χ4n) is 2.09. The first-order valence-electron chi connectivity index (χ1n) is 6.88. The number of phenolic OH excluding ortho intramolecular Hbond substituents is 1. The summed E-state index contributed by atoms with van der Waals surface area (Å²) < 4.78 is 0. The molecule has 0 aliphatic heterocycles. The Morgan fingerprint density at radius 3 is 2.18 bits per heavy atom. The summed E-state index contributed by atoms with van der Waals surface area (Å²) in [5, 5.41) is 21.0. The Kier molecular flexibility index (Phi) is 5.14. The van der Waals surface area contributed by atoms with E-state index < -0.39 is 12.0 Å². The number of carboxylic acids is 1. The number of hydrogen-bond donors (Lipinski definition) is 3. The van der Waals surface area contributed by atoms with E-state index in [9.17, 15) is 19.8 Å². The van der Waals surface area contributed by atoms with E-state index in [1.807, 2.05) is 30.3 Å². The number of carbonyl (C=O) groups is 2. The lowest BCUT2D eigenvalue weighted by Gasteiger charge is -2.14. The van der Waals surface area contributed by atoms with Gasteiger partial charge in [-0.2, -0.15) is 0 Å². The summed E-state index contributed by atoms with van der Waals surface area (Å²) in [6.45, 7) is 0. The lowest BCUT2D eigenvalue weighted by atomic mass is 10.1. The first-order valence-corrected chi connectivity index (χ1v) is 6.88. The van der Waals surface area contributed by atoms with Crippen LogP contribution in [0, 0.1) is 0 Å². The number of hydrogen-bond acceptors (Lipinski definition) is 3. The van der Waals surface area contributed by atoms with Gasteiger partial charge in [-0.25, -0.2) is 4.79 Å².